The van der Waals surface area contributed by atoms with Gasteiger partial charge >= 0.3 is 0 Å². The van der Waals surface area contributed by atoms with Gasteiger partial charge in [0.05, 0.1) is 22.0 Å². The van der Waals surface area contributed by atoms with E-state index in [1.165, 1.54) is 38.5 Å². The topological polar surface area (TPSA) is 46.9 Å². The van der Waals surface area contributed by atoms with Crippen LogP contribution in [0.4, 0.5) is 0 Å². The highest BCUT2D eigenvalue weighted by Crippen LogP contribution is 2.57. The summed E-state index contributed by atoms with van der Waals surface area (Å²) in [6, 6.07) is 9.33. The van der Waals surface area contributed by atoms with Gasteiger partial charge in [0.25, 0.3) is 5.91 Å². The third-order valence-corrected chi connectivity index (χ3v) is 9.57. The zero-order chi connectivity index (χ0) is 24.8. The summed E-state index contributed by atoms with van der Waals surface area (Å²) in [6.45, 7) is 2.71. The lowest BCUT2D eigenvalue weighted by atomic mass is 9.51. The molecule has 4 aliphatic carbocycles. The number of amides is 1. The molecular formula is C30H33Cl2N3O. The zero-order valence-corrected chi connectivity index (χ0v) is 22.2. The van der Waals surface area contributed by atoms with Crippen molar-refractivity contribution in [3.05, 3.63) is 70.1 Å². The molecule has 0 saturated heterocycles. The van der Waals surface area contributed by atoms with Crippen molar-refractivity contribution in [2.45, 2.75) is 51.9 Å². The fourth-order valence-electron chi connectivity index (χ4n) is 7.70. The lowest BCUT2D eigenvalue weighted by Gasteiger charge is -2.54. The number of aromatic nitrogens is 2. The van der Waals surface area contributed by atoms with E-state index in [1.54, 1.807) is 12.3 Å². The van der Waals surface area contributed by atoms with Gasteiger partial charge in [0.2, 0.25) is 0 Å². The van der Waals surface area contributed by atoms with Crippen LogP contribution < -0.4 is 5.32 Å². The standard InChI is InChI=1S/C30H33Cl2N3O/c1-18-26(30(36)34-9-3-5-25-22-11-19-10-20(13-22)14-23(25)12-19)17-35(28-7-6-24(31)15-27(28)32)29(18)21-4-2-8-33-16-21/h2,4,6-8,15-17,19-20,22-23,25H,3,5,9-14H2,1H3,(H,34,36). The van der Waals surface area contributed by atoms with E-state index in [1.807, 2.05) is 48.1 Å². The van der Waals surface area contributed by atoms with Gasteiger partial charge in [-0.25, -0.2) is 0 Å². The monoisotopic (exact) mass is 521 g/mol. The van der Waals surface area contributed by atoms with Crippen LogP contribution in [0.3, 0.4) is 0 Å². The molecule has 4 saturated carbocycles. The number of benzene rings is 1. The van der Waals surface area contributed by atoms with Gasteiger partial charge in [-0.2, -0.15) is 0 Å². The van der Waals surface area contributed by atoms with Gasteiger partial charge in [-0.3, -0.25) is 9.78 Å². The van der Waals surface area contributed by atoms with Crippen LogP contribution in [0.25, 0.3) is 16.9 Å². The molecule has 188 valence electrons. The van der Waals surface area contributed by atoms with E-state index in [9.17, 15) is 4.79 Å². The van der Waals surface area contributed by atoms with Crippen LogP contribution in [0.15, 0.2) is 48.9 Å². The maximum absolute atomic E-state index is 13.3. The molecule has 0 radical (unpaired) electrons. The van der Waals surface area contributed by atoms with Crippen molar-refractivity contribution in [1.82, 2.24) is 14.9 Å². The Morgan fingerprint density at radius 1 is 1.08 bits per heavy atom. The number of rotatable bonds is 7. The van der Waals surface area contributed by atoms with Crippen molar-refractivity contribution in [1.29, 1.82) is 0 Å². The summed E-state index contributed by atoms with van der Waals surface area (Å²) in [5, 5.41) is 4.32. The van der Waals surface area contributed by atoms with Crippen LogP contribution >= 0.6 is 23.2 Å². The summed E-state index contributed by atoms with van der Waals surface area (Å²) in [5.74, 6) is 4.75. The summed E-state index contributed by atoms with van der Waals surface area (Å²) in [6.07, 6.45) is 15.1. The Kier molecular flexibility index (Phi) is 6.60. The third-order valence-electron chi connectivity index (χ3n) is 9.03. The van der Waals surface area contributed by atoms with Crippen molar-refractivity contribution in [2.75, 3.05) is 6.54 Å². The van der Waals surface area contributed by atoms with E-state index >= 15 is 0 Å². The summed E-state index contributed by atoms with van der Waals surface area (Å²) in [7, 11) is 0. The summed E-state index contributed by atoms with van der Waals surface area (Å²) in [5.41, 5.74) is 4.19. The number of nitrogens with one attached hydrogen (secondary N) is 1. The molecule has 0 spiro atoms. The van der Waals surface area contributed by atoms with Gasteiger partial charge in [-0.15, -0.1) is 0 Å². The van der Waals surface area contributed by atoms with E-state index in [2.05, 4.69) is 10.3 Å². The maximum Gasteiger partial charge on any atom is 0.253 e. The van der Waals surface area contributed by atoms with Crippen LogP contribution in [0.2, 0.25) is 10.0 Å². The number of nitrogens with zero attached hydrogens (tertiary/aromatic N) is 2. The fourth-order valence-corrected chi connectivity index (χ4v) is 8.20. The Morgan fingerprint density at radius 3 is 2.50 bits per heavy atom. The first-order valence-corrected chi connectivity index (χ1v) is 14.1. The van der Waals surface area contributed by atoms with E-state index in [0.717, 1.165) is 65.1 Å². The summed E-state index contributed by atoms with van der Waals surface area (Å²) >= 11 is 12.7. The second kappa shape index (κ2) is 9.87. The molecule has 4 bridgehead atoms. The number of carbonyl (C=O) groups excluding carboxylic acids is 1. The molecule has 1 aromatic carbocycles. The highest BCUT2D eigenvalue weighted by molar-refractivity contribution is 6.35. The van der Waals surface area contributed by atoms with Gasteiger partial charge in [0.1, 0.15) is 0 Å². The van der Waals surface area contributed by atoms with E-state index in [4.69, 9.17) is 23.2 Å². The normalized spacial score (nSPS) is 26.4. The molecule has 1 N–H and O–H groups in total. The van der Waals surface area contributed by atoms with Crippen LogP contribution in [0.1, 0.15) is 60.9 Å². The van der Waals surface area contributed by atoms with Crippen LogP contribution in [-0.2, 0) is 0 Å². The minimum Gasteiger partial charge on any atom is -0.352 e. The van der Waals surface area contributed by atoms with Crippen LogP contribution in [-0.4, -0.2) is 22.0 Å². The number of hydrogen-bond donors (Lipinski definition) is 1. The molecule has 4 nitrogen and oxygen atoms in total. The first-order valence-electron chi connectivity index (χ1n) is 13.3. The highest BCUT2D eigenvalue weighted by Gasteiger charge is 2.47. The van der Waals surface area contributed by atoms with Crippen molar-refractivity contribution in [2.24, 2.45) is 29.6 Å². The molecular weight excluding hydrogens is 489 g/mol. The predicted molar refractivity (Wildman–Crippen MR) is 146 cm³/mol. The van der Waals surface area contributed by atoms with Gasteiger partial charge in [-0.05, 0) is 117 Å². The molecule has 1 amide bonds. The van der Waals surface area contributed by atoms with E-state index in [0.29, 0.717) is 15.6 Å². The quantitative estimate of drug-likeness (QED) is 0.323. The molecule has 7 rings (SSSR count). The van der Waals surface area contributed by atoms with Gasteiger partial charge < -0.3 is 9.88 Å². The first-order chi connectivity index (χ1) is 17.5. The smallest absolute Gasteiger partial charge is 0.253 e. The lowest BCUT2D eigenvalue weighted by Crippen LogP contribution is -2.45. The molecule has 4 aliphatic rings. The highest BCUT2D eigenvalue weighted by atomic mass is 35.5. The Labute approximate surface area is 223 Å². The van der Waals surface area contributed by atoms with Gasteiger partial charge in [-0.1, -0.05) is 23.2 Å². The Balaban J connectivity index is 1.18. The van der Waals surface area contributed by atoms with Crippen molar-refractivity contribution in [3.8, 4) is 16.9 Å². The second-order valence-electron chi connectivity index (χ2n) is 11.2. The number of pyridine rings is 1. The largest absolute Gasteiger partial charge is 0.352 e. The summed E-state index contributed by atoms with van der Waals surface area (Å²) in [4.78, 5) is 17.6. The predicted octanol–water partition coefficient (Wildman–Crippen LogP) is 7.74. The first kappa shape index (κ1) is 24.1. The average molecular weight is 523 g/mol. The number of carbonyl (C=O) groups is 1. The average Bonchev–Trinajstić information content (AvgIpc) is 3.20. The fraction of sp³-hybridized carbons (Fsp3) is 0.467. The minimum atomic E-state index is -0.0356. The van der Waals surface area contributed by atoms with Gasteiger partial charge in [0, 0.05) is 35.7 Å². The second-order valence-corrected chi connectivity index (χ2v) is 12.1. The molecule has 0 atom stereocenters. The summed E-state index contributed by atoms with van der Waals surface area (Å²) < 4.78 is 1.98. The van der Waals surface area contributed by atoms with Crippen LogP contribution in [0, 0.1) is 36.5 Å². The Morgan fingerprint density at radius 2 is 1.83 bits per heavy atom. The van der Waals surface area contributed by atoms with Crippen LogP contribution in [0.5, 0.6) is 0 Å². The number of hydrogen-bond acceptors (Lipinski definition) is 2. The van der Waals surface area contributed by atoms with Crippen molar-refractivity contribution < 1.29 is 4.79 Å². The SMILES string of the molecule is Cc1c(C(=O)NCCCC2C3CC4CC(C3)CC2C4)cn(-c2ccc(Cl)cc2Cl)c1-c1cccnc1. The molecule has 3 aromatic rings. The minimum absolute atomic E-state index is 0.0356. The van der Waals surface area contributed by atoms with E-state index in [-0.39, 0.29) is 5.91 Å². The molecule has 0 aliphatic heterocycles. The van der Waals surface area contributed by atoms with Gasteiger partial charge in [0.15, 0.2) is 0 Å². The number of halogens is 2. The Hall–Kier alpha value is -2.30. The molecule has 0 unspecified atom stereocenters. The van der Waals surface area contributed by atoms with Crippen molar-refractivity contribution >= 4 is 29.1 Å². The lowest BCUT2D eigenvalue weighted by molar-refractivity contribution is -0.0401. The maximum atomic E-state index is 13.3. The Bertz CT molecular complexity index is 1240. The molecule has 36 heavy (non-hydrogen) atoms. The molecule has 4 fully saturated rings. The van der Waals surface area contributed by atoms with E-state index < -0.39 is 0 Å². The zero-order valence-electron chi connectivity index (χ0n) is 20.7. The third kappa shape index (κ3) is 4.48. The van der Waals surface area contributed by atoms with Crippen molar-refractivity contribution in [3.63, 3.8) is 0 Å². The molecule has 6 heteroatoms. The molecule has 2 heterocycles. The molecule has 2 aromatic heterocycles.